The van der Waals surface area contributed by atoms with E-state index in [1.807, 2.05) is 37.3 Å². The zero-order valence-corrected chi connectivity index (χ0v) is 23.1. The van der Waals surface area contributed by atoms with Crippen molar-refractivity contribution >= 4 is 11.9 Å². The molecule has 0 unspecified atom stereocenters. The number of aryl methyl sites for hydroxylation is 2. The minimum atomic E-state index is -0.925. The van der Waals surface area contributed by atoms with Crippen LogP contribution in [0.25, 0.3) is 11.5 Å². The lowest BCUT2D eigenvalue weighted by molar-refractivity contribution is -0.136. The van der Waals surface area contributed by atoms with Crippen molar-refractivity contribution in [2.45, 2.75) is 32.7 Å². The van der Waals surface area contributed by atoms with Gasteiger partial charge in [0.05, 0.1) is 26.5 Å². The lowest BCUT2D eigenvalue weighted by Crippen LogP contribution is -2.24. The molecule has 0 aliphatic heterocycles. The summed E-state index contributed by atoms with van der Waals surface area (Å²) in [4.78, 5) is 28.8. The number of hydrogen-bond donors (Lipinski definition) is 3. The molecule has 0 fully saturated rings. The van der Waals surface area contributed by atoms with Crippen molar-refractivity contribution in [2.24, 2.45) is 0 Å². The fraction of sp³-hybridized carbons (Fsp3) is 0.258. The van der Waals surface area contributed by atoms with E-state index in [0.29, 0.717) is 36.0 Å². The predicted octanol–water partition coefficient (Wildman–Crippen LogP) is 4.94. The largest absolute Gasteiger partial charge is 0.507 e. The molecule has 0 aliphatic carbocycles. The molecule has 0 saturated heterocycles. The van der Waals surface area contributed by atoms with Crippen molar-refractivity contribution in [1.29, 1.82) is 0 Å². The number of aliphatic carboxylic acids is 1. The van der Waals surface area contributed by atoms with Crippen LogP contribution in [0.4, 0.5) is 0 Å². The molecule has 4 rings (SSSR count). The van der Waals surface area contributed by atoms with E-state index in [9.17, 15) is 19.8 Å². The van der Waals surface area contributed by atoms with E-state index in [-0.39, 0.29) is 36.4 Å². The summed E-state index contributed by atoms with van der Waals surface area (Å²) in [5.41, 5.74) is 3.10. The van der Waals surface area contributed by atoms with Gasteiger partial charge in [0, 0.05) is 37.1 Å². The Morgan fingerprint density at radius 1 is 0.951 bits per heavy atom. The molecule has 214 valence electrons. The van der Waals surface area contributed by atoms with Crippen LogP contribution >= 0.6 is 0 Å². The smallest absolute Gasteiger partial charge is 0.303 e. The van der Waals surface area contributed by atoms with Crippen LogP contribution in [0.5, 0.6) is 23.0 Å². The second-order valence-electron chi connectivity index (χ2n) is 9.22. The highest BCUT2D eigenvalue weighted by Gasteiger charge is 2.20. The van der Waals surface area contributed by atoms with Crippen LogP contribution in [0.3, 0.4) is 0 Å². The molecule has 41 heavy (non-hydrogen) atoms. The number of carbonyl (C=O) groups excluding carboxylic acids is 1. The van der Waals surface area contributed by atoms with Crippen molar-refractivity contribution in [1.82, 2.24) is 10.3 Å². The minimum absolute atomic E-state index is 0.0364. The van der Waals surface area contributed by atoms with E-state index < -0.39 is 11.9 Å². The molecule has 10 heteroatoms. The molecule has 3 aromatic carbocycles. The normalized spacial score (nSPS) is 10.7. The Morgan fingerprint density at radius 3 is 2.44 bits per heavy atom. The van der Waals surface area contributed by atoms with Gasteiger partial charge in [0.15, 0.2) is 0 Å². The van der Waals surface area contributed by atoms with E-state index in [1.165, 1.54) is 26.4 Å². The Hall–Kier alpha value is -4.99. The molecular weight excluding hydrogens is 528 g/mol. The summed E-state index contributed by atoms with van der Waals surface area (Å²) < 4.78 is 22.2. The van der Waals surface area contributed by atoms with Gasteiger partial charge in [0.1, 0.15) is 34.3 Å². The summed E-state index contributed by atoms with van der Waals surface area (Å²) in [6.07, 6.45) is 0.729. The number of ether oxygens (including phenoxy) is 3. The van der Waals surface area contributed by atoms with Crippen LogP contribution in [0, 0.1) is 6.92 Å². The van der Waals surface area contributed by atoms with Crippen LogP contribution in [0.1, 0.15) is 39.4 Å². The number of phenols is 1. The van der Waals surface area contributed by atoms with Crippen molar-refractivity contribution in [3.05, 3.63) is 88.8 Å². The van der Waals surface area contributed by atoms with Crippen LogP contribution in [-0.4, -0.2) is 47.9 Å². The Morgan fingerprint density at radius 2 is 1.73 bits per heavy atom. The molecule has 0 bridgehead atoms. The molecule has 3 N–H and O–H groups in total. The fourth-order valence-corrected chi connectivity index (χ4v) is 4.32. The number of nitrogens with zero attached hydrogens (tertiary/aromatic N) is 1. The number of carboxylic acids is 1. The summed E-state index contributed by atoms with van der Waals surface area (Å²) in [6, 6.07) is 17.8. The van der Waals surface area contributed by atoms with Crippen molar-refractivity contribution < 1.29 is 38.4 Å². The molecule has 0 aliphatic rings. The highest BCUT2D eigenvalue weighted by atomic mass is 16.5. The maximum absolute atomic E-state index is 13.0. The Kier molecular flexibility index (Phi) is 9.47. The maximum Gasteiger partial charge on any atom is 0.303 e. The monoisotopic (exact) mass is 560 g/mol. The number of aromatic hydroxyl groups is 1. The number of methoxy groups -OCH3 is 2. The quantitative estimate of drug-likeness (QED) is 0.207. The van der Waals surface area contributed by atoms with E-state index in [1.54, 1.807) is 18.2 Å². The highest BCUT2D eigenvalue weighted by Crippen LogP contribution is 2.33. The van der Waals surface area contributed by atoms with Gasteiger partial charge in [-0.15, -0.1) is 0 Å². The van der Waals surface area contributed by atoms with Gasteiger partial charge in [-0.05, 0) is 48.7 Å². The van der Waals surface area contributed by atoms with Crippen LogP contribution in [0.15, 0.2) is 65.1 Å². The first-order valence-electron chi connectivity index (χ1n) is 13.0. The van der Waals surface area contributed by atoms with Crippen LogP contribution < -0.4 is 19.5 Å². The summed E-state index contributed by atoms with van der Waals surface area (Å²) >= 11 is 0. The lowest BCUT2D eigenvalue weighted by atomic mass is 10.0. The van der Waals surface area contributed by atoms with Crippen LogP contribution in [0.2, 0.25) is 0 Å². The van der Waals surface area contributed by atoms with Crippen molar-refractivity contribution in [2.75, 3.05) is 20.8 Å². The first kappa shape index (κ1) is 29.0. The van der Waals surface area contributed by atoms with Gasteiger partial charge in [0.2, 0.25) is 5.89 Å². The first-order chi connectivity index (χ1) is 19.8. The molecular formula is C31H32N2O8. The van der Waals surface area contributed by atoms with E-state index in [0.717, 1.165) is 22.6 Å². The number of oxazole rings is 1. The second kappa shape index (κ2) is 13.4. The molecule has 0 radical (unpaired) electrons. The number of nitrogens with one attached hydrogen (secondary N) is 1. The van der Waals surface area contributed by atoms with Gasteiger partial charge in [-0.2, -0.15) is 0 Å². The van der Waals surface area contributed by atoms with Crippen LogP contribution in [-0.2, 0) is 24.2 Å². The van der Waals surface area contributed by atoms with E-state index in [2.05, 4.69) is 10.3 Å². The fourth-order valence-electron chi connectivity index (χ4n) is 4.32. The summed E-state index contributed by atoms with van der Waals surface area (Å²) in [6.45, 7) is 2.27. The number of phenolic OH excluding ortho intramolecular Hbond substituents is 1. The summed E-state index contributed by atoms with van der Waals surface area (Å²) in [7, 11) is 2.83. The van der Waals surface area contributed by atoms with E-state index in [4.69, 9.17) is 18.6 Å². The number of hydrogen-bond acceptors (Lipinski definition) is 8. The zero-order chi connectivity index (χ0) is 29.4. The molecule has 10 nitrogen and oxygen atoms in total. The predicted molar refractivity (Wildman–Crippen MR) is 151 cm³/mol. The average molecular weight is 561 g/mol. The Bertz CT molecular complexity index is 1510. The number of rotatable bonds is 13. The third-order valence-electron chi connectivity index (χ3n) is 6.48. The molecule has 0 spiro atoms. The van der Waals surface area contributed by atoms with Gasteiger partial charge in [-0.1, -0.05) is 24.3 Å². The molecule has 1 heterocycles. The third-order valence-corrected chi connectivity index (χ3v) is 6.48. The lowest BCUT2D eigenvalue weighted by Gasteiger charge is -2.15. The van der Waals surface area contributed by atoms with E-state index >= 15 is 0 Å². The Labute approximate surface area is 237 Å². The number of carbonyl (C=O) groups is 2. The van der Waals surface area contributed by atoms with Gasteiger partial charge < -0.3 is 34.2 Å². The maximum atomic E-state index is 13.0. The molecule has 4 aromatic rings. The number of amides is 1. The summed E-state index contributed by atoms with van der Waals surface area (Å²) in [5.74, 6) is 0.549. The molecule has 0 saturated carbocycles. The SMILES string of the molecule is COc1cc(O)c(C(=O)NCc2cc(OCCc3nc(-c4ccccc4)oc3C)ccc2CCC(=O)O)c(OC)c1. The first-order valence-corrected chi connectivity index (χ1v) is 13.0. The van der Waals surface area contributed by atoms with Gasteiger partial charge in [0.25, 0.3) is 5.91 Å². The standard InChI is InChI=1S/C31H32N2O8/c1-19-25(33-31(41-19)21-7-5-4-6-8-21)13-14-40-23-11-9-20(10-12-28(35)36)22(15-23)18-32-30(37)29-26(34)16-24(38-2)17-27(29)39-3/h4-9,11,15-17,34H,10,12-14,18H2,1-3H3,(H,32,37)(H,35,36). The van der Waals surface area contributed by atoms with Gasteiger partial charge in [-0.3, -0.25) is 9.59 Å². The van der Waals surface area contributed by atoms with Gasteiger partial charge in [-0.25, -0.2) is 4.98 Å². The molecule has 0 atom stereocenters. The number of aromatic nitrogens is 1. The third kappa shape index (κ3) is 7.36. The minimum Gasteiger partial charge on any atom is -0.507 e. The zero-order valence-electron chi connectivity index (χ0n) is 23.1. The Balaban J connectivity index is 1.46. The summed E-state index contributed by atoms with van der Waals surface area (Å²) in [5, 5.41) is 22.4. The van der Waals surface area contributed by atoms with Crippen molar-refractivity contribution in [3.8, 4) is 34.5 Å². The molecule has 1 amide bonds. The average Bonchev–Trinajstić information content (AvgIpc) is 3.35. The topological polar surface area (TPSA) is 140 Å². The number of benzene rings is 3. The molecule has 1 aromatic heterocycles. The number of carboxylic acid groups (broad SMARTS) is 1. The second-order valence-corrected chi connectivity index (χ2v) is 9.22. The van der Waals surface area contributed by atoms with Gasteiger partial charge >= 0.3 is 5.97 Å². The highest BCUT2D eigenvalue weighted by molar-refractivity contribution is 5.99. The van der Waals surface area contributed by atoms with Crippen molar-refractivity contribution in [3.63, 3.8) is 0 Å².